The number of hydrogen-bond donors (Lipinski definition) is 4. The fourth-order valence-electron chi connectivity index (χ4n) is 3.57. The number of hydrogen-bond acceptors (Lipinski definition) is 10. The normalized spacial score (nSPS) is 14.3. The van der Waals surface area contributed by atoms with Gasteiger partial charge < -0.3 is 27.0 Å². The molecule has 0 radical (unpaired) electrons. The Hall–Kier alpha value is -2.99. The summed E-state index contributed by atoms with van der Waals surface area (Å²) in [6, 6.07) is 7.29. The van der Waals surface area contributed by atoms with Crippen molar-refractivity contribution in [3.05, 3.63) is 45.9 Å². The van der Waals surface area contributed by atoms with Crippen LogP contribution < -0.4 is 27.0 Å². The van der Waals surface area contributed by atoms with Crippen LogP contribution in [0.2, 0.25) is 5.02 Å². The zero-order chi connectivity index (χ0) is 23.4. The van der Waals surface area contributed by atoms with E-state index in [1.165, 1.54) is 17.5 Å². The maximum Gasteiger partial charge on any atom is 0.267 e. The molecule has 3 heterocycles. The highest BCUT2D eigenvalue weighted by atomic mass is 35.5. The standard InChI is InChI=1S/C21H26ClN9OS/c1-13-3-2-4-14(22)18(13)29-19(32)15-12-25-21(33-15)27-16-11-17(28-20(24)26-16)31-9-7-30(6-5-23)8-10-31/h2-4,11-12H,5-10,23H2,1H3,(H,29,32)(H3,24,25,26,27,28). The number of halogens is 1. The molecule has 6 N–H and O–H groups in total. The Morgan fingerprint density at radius 2 is 2.03 bits per heavy atom. The van der Waals surface area contributed by atoms with Crippen LogP contribution >= 0.6 is 22.9 Å². The first-order valence-corrected chi connectivity index (χ1v) is 11.7. The molecule has 1 fully saturated rings. The van der Waals surface area contributed by atoms with Crippen LogP contribution in [-0.2, 0) is 0 Å². The van der Waals surface area contributed by atoms with Crippen molar-refractivity contribution in [1.82, 2.24) is 19.9 Å². The fraction of sp³-hybridized carbons (Fsp3) is 0.333. The van der Waals surface area contributed by atoms with Gasteiger partial charge in [0.1, 0.15) is 16.5 Å². The second-order valence-electron chi connectivity index (χ2n) is 7.63. The van der Waals surface area contributed by atoms with Crippen LogP contribution in [0.5, 0.6) is 0 Å². The minimum Gasteiger partial charge on any atom is -0.368 e. The van der Waals surface area contributed by atoms with Gasteiger partial charge in [-0.25, -0.2) is 4.98 Å². The monoisotopic (exact) mass is 487 g/mol. The number of carbonyl (C=O) groups excluding carboxylic acids is 1. The predicted octanol–water partition coefficient (Wildman–Crippen LogP) is 2.55. The molecule has 12 heteroatoms. The molecule has 0 aliphatic carbocycles. The molecular formula is C21H26ClN9OS. The molecule has 0 spiro atoms. The first-order valence-electron chi connectivity index (χ1n) is 10.5. The number of benzene rings is 1. The number of piperazine rings is 1. The second kappa shape index (κ2) is 10.3. The molecule has 0 saturated carbocycles. The molecule has 3 aromatic rings. The van der Waals surface area contributed by atoms with Gasteiger partial charge in [0.15, 0.2) is 5.13 Å². The number of aromatic nitrogens is 3. The third kappa shape index (κ3) is 5.69. The van der Waals surface area contributed by atoms with Crippen LogP contribution in [0.4, 0.5) is 28.4 Å². The number of nitrogens with two attached hydrogens (primary N) is 2. The van der Waals surface area contributed by atoms with Crippen LogP contribution in [0.1, 0.15) is 15.2 Å². The van der Waals surface area contributed by atoms with Gasteiger partial charge in [-0.2, -0.15) is 9.97 Å². The Balaban J connectivity index is 1.43. The van der Waals surface area contributed by atoms with E-state index in [4.69, 9.17) is 23.1 Å². The van der Waals surface area contributed by atoms with Crippen LogP contribution in [-0.4, -0.2) is 65.0 Å². The number of nitrogens with zero attached hydrogens (tertiary/aromatic N) is 5. The summed E-state index contributed by atoms with van der Waals surface area (Å²) in [6.07, 6.45) is 1.51. The largest absolute Gasteiger partial charge is 0.368 e. The number of thiazole rings is 1. The highest BCUT2D eigenvalue weighted by molar-refractivity contribution is 7.17. The van der Waals surface area contributed by atoms with Gasteiger partial charge in [-0.1, -0.05) is 35.1 Å². The molecule has 33 heavy (non-hydrogen) atoms. The summed E-state index contributed by atoms with van der Waals surface area (Å²) in [5, 5.41) is 6.99. The van der Waals surface area contributed by atoms with Gasteiger partial charge in [0.2, 0.25) is 5.95 Å². The molecular weight excluding hydrogens is 462 g/mol. The van der Waals surface area contributed by atoms with E-state index in [1.54, 1.807) is 6.07 Å². The third-order valence-corrected chi connectivity index (χ3v) is 6.52. The summed E-state index contributed by atoms with van der Waals surface area (Å²) in [5.41, 5.74) is 13.1. The van der Waals surface area contributed by atoms with Crippen molar-refractivity contribution in [3.63, 3.8) is 0 Å². The van der Waals surface area contributed by atoms with E-state index in [9.17, 15) is 4.79 Å². The zero-order valence-corrected chi connectivity index (χ0v) is 19.8. The lowest BCUT2D eigenvalue weighted by molar-refractivity contribution is 0.103. The van der Waals surface area contributed by atoms with Gasteiger partial charge in [0, 0.05) is 45.3 Å². The molecule has 0 unspecified atom stereocenters. The van der Waals surface area contributed by atoms with Crippen LogP contribution in [0, 0.1) is 6.92 Å². The predicted molar refractivity (Wildman–Crippen MR) is 134 cm³/mol. The van der Waals surface area contributed by atoms with Crippen molar-refractivity contribution in [2.75, 3.05) is 60.5 Å². The van der Waals surface area contributed by atoms with Gasteiger partial charge >= 0.3 is 0 Å². The van der Waals surface area contributed by atoms with Gasteiger partial charge in [0.25, 0.3) is 5.91 Å². The smallest absolute Gasteiger partial charge is 0.267 e. The van der Waals surface area contributed by atoms with Gasteiger partial charge in [0.05, 0.1) is 16.9 Å². The number of nitrogens with one attached hydrogen (secondary N) is 2. The van der Waals surface area contributed by atoms with E-state index < -0.39 is 0 Å². The molecule has 0 bridgehead atoms. The number of amides is 1. The Kier molecular flexibility index (Phi) is 7.23. The molecule has 4 rings (SSSR count). The number of carbonyl (C=O) groups is 1. The number of anilines is 5. The van der Waals surface area contributed by atoms with Crippen molar-refractivity contribution in [2.45, 2.75) is 6.92 Å². The number of nitrogen functional groups attached to an aromatic ring is 1. The fourth-order valence-corrected chi connectivity index (χ4v) is 4.56. The summed E-state index contributed by atoms with van der Waals surface area (Å²) in [4.78, 5) is 30.6. The van der Waals surface area contributed by atoms with E-state index in [-0.39, 0.29) is 11.9 Å². The van der Waals surface area contributed by atoms with E-state index >= 15 is 0 Å². The molecule has 0 atom stereocenters. The van der Waals surface area contributed by atoms with Crippen molar-refractivity contribution in [1.29, 1.82) is 0 Å². The first-order chi connectivity index (χ1) is 15.9. The van der Waals surface area contributed by atoms with Crippen LogP contribution in [0.25, 0.3) is 0 Å². The molecule has 2 aromatic heterocycles. The lowest BCUT2D eigenvalue weighted by Crippen LogP contribution is -2.48. The average Bonchev–Trinajstić information content (AvgIpc) is 3.25. The Morgan fingerprint density at radius 1 is 1.24 bits per heavy atom. The number of para-hydroxylation sites is 1. The van der Waals surface area contributed by atoms with Crippen LogP contribution in [0.15, 0.2) is 30.5 Å². The van der Waals surface area contributed by atoms with Crippen molar-refractivity contribution in [3.8, 4) is 0 Å². The van der Waals surface area contributed by atoms with Crippen molar-refractivity contribution < 1.29 is 4.79 Å². The molecule has 1 aromatic carbocycles. The minimum absolute atomic E-state index is 0.170. The summed E-state index contributed by atoms with van der Waals surface area (Å²) >= 11 is 7.42. The number of aryl methyl sites for hydroxylation is 1. The summed E-state index contributed by atoms with van der Waals surface area (Å²) < 4.78 is 0. The highest BCUT2D eigenvalue weighted by Gasteiger charge is 2.19. The topological polar surface area (TPSA) is 138 Å². The molecule has 1 aliphatic heterocycles. The van der Waals surface area contributed by atoms with E-state index in [0.29, 0.717) is 33.1 Å². The quantitative estimate of drug-likeness (QED) is 0.396. The van der Waals surface area contributed by atoms with E-state index in [1.807, 2.05) is 25.1 Å². The van der Waals surface area contributed by atoms with Crippen LogP contribution in [0.3, 0.4) is 0 Å². The first kappa shape index (κ1) is 23.2. The Morgan fingerprint density at radius 3 is 2.76 bits per heavy atom. The lowest BCUT2D eigenvalue weighted by Gasteiger charge is -2.35. The maximum atomic E-state index is 12.7. The molecule has 174 valence electrons. The molecule has 1 amide bonds. The maximum absolute atomic E-state index is 12.7. The van der Waals surface area contributed by atoms with Gasteiger partial charge in [-0.3, -0.25) is 9.69 Å². The summed E-state index contributed by atoms with van der Waals surface area (Å²) in [5.74, 6) is 1.16. The van der Waals surface area contributed by atoms with E-state index in [0.717, 1.165) is 44.1 Å². The van der Waals surface area contributed by atoms with Gasteiger partial charge in [-0.15, -0.1) is 0 Å². The lowest BCUT2D eigenvalue weighted by atomic mass is 10.2. The number of rotatable bonds is 7. The third-order valence-electron chi connectivity index (χ3n) is 5.30. The highest BCUT2D eigenvalue weighted by Crippen LogP contribution is 2.28. The molecule has 10 nitrogen and oxygen atoms in total. The van der Waals surface area contributed by atoms with Gasteiger partial charge in [-0.05, 0) is 18.6 Å². The summed E-state index contributed by atoms with van der Waals surface area (Å²) in [7, 11) is 0. The minimum atomic E-state index is -0.282. The molecule has 1 aliphatic rings. The zero-order valence-electron chi connectivity index (χ0n) is 18.2. The second-order valence-corrected chi connectivity index (χ2v) is 9.07. The van der Waals surface area contributed by atoms with Crippen molar-refractivity contribution >= 4 is 57.2 Å². The molecule has 1 saturated heterocycles. The SMILES string of the molecule is Cc1cccc(Cl)c1NC(=O)c1cnc(Nc2cc(N3CCN(CCN)CC3)nc(N)n2)s1. The average molecular weight is 488 g/mol. The Labute approximate surface area is 201 Å². The van der Waals surface area contributed by atoms with E-state index in [2.05, 4.69) is 35.4 Å². The Bertz CT molecular complexity index is 1110. The van der Waals surface area contributed by atoms with Crippen molar-refractivity contribution in [2.24, 2.45) is 5.73 Å². The summed E-state index contributed by atoms with van der Waals surface area (Å²) in [6.45, 7) is 6.93.